The third kappa shape index (κ3) is 4.25. The summed E-state index contributed by atoms with van der Waals surface area (Å²) in [6.45, 7) is 3.17. The third-order valence-corrected chi connectivity index (χ3v) is 6.22. The third-order valence-electron chi connectivity index (χ3n) is 2.55. The molecule has 1 heterocycles. The topological polar surface area (TPSA) is 110 Å². The van der Waals surface area contributed by atoms with E-state index in [0.29, 0.717) is 0 Å². The van der Waals surface area contributed by atoms with Crippen molar-refractivity contribution in [2.75, 3.05) is 7.11 Å². The van der Waals surface area contributed by atoms with Crippen LogP contribution in [0, 0.1) is 5.92 Å². The summed E-state index contributed by atoms with van der Waals surface area (Å²) < 4.78 is 31.3. The van der Waals surface area contributed by atoms with Gasteiger partial charge in [-0.05, 0) is 27.9 Å². The summed E-state index contributed by atoms with van der Waals surface area (Å²) in [7, 11) is -2.89. The Morgan fingerprint density at radius 2 is 2.00 bits per heavy atom. The normalized spacial score (nSPS) is 13.2. The van der Waals surface area contributed by atoms with Gasteiger partial charge in [-0.3, -0.25) is 4.79 Å². The molecule has 1 rings (SSSR count). The second-order valence-corrected chi connectivity index (χ2v) is 8.47. The average molecular weight is 400 g/mol. The molecule has 10 heteroatoms. The Hall–Kier alpha value is -0.970. The molecule has 0 bridgehead atoms. The van der Waals surface area contributed by atoms with Gasteiger partial charge in [-0.25, -0.2) is 13.2 Å². The number of thiophene rings is 1. The predicted octanol–water partition coefficient (Wildman–Crippen LogP) is 1.68. The molecule has 0 saturated heterocycles. The molecule has 0 aliphatic heterocycles. The molecule has 1 aromatic rings. The summed E-state index contributed by atoms with van der Waals surface area (Å²) in [5.41, 5.74) is 0. The first-order valence-electron chi connectivity index (χ1n) is 5.73. The van der Waals surface area contributed by atoms with Gasteiger partial charge in [-0.2, -0.15) is 4.72 Å². The fraction of sp³-hybridized carbons (Fsp3) is 0.455. The first-order chi connectivity index (χ1) is 9.60. The van der Waals surface area contributed by atoms with Crippen molar-refractivity contribution in [1.82, 2.24) is 4.72 Å². The van der Waals surface area contributed by atoms with E-state index in [1.165, 1.54) is 7.11 Å². The number of ether oxygens (including phenoxy) is 1. The van der Waals surface area contributed by atoms with Crippen molar-refractivity contribution in [1.29, 1.82) is 0 Å². The van der Waals surface area contributed by atoms with E-state index in [9.17, 15) is 18.0 Å². The summed E-state index contributed by atoms with van der Waals surface area (Å²) in [5.74, 6) is -2.37. The van der Waals surface area contributed by atoms with Crippen LogP contribution in [0.25, 0.3) is 0 Å². The molecular weight excluding hydrogens is 386 g/mol. The van der Waals surface area contributed by atoms with Crippen molar-refractivity contribution in [2.24, 2.45) is 5.92 Å². The van der Waals surface area contributed by atoms with Crippen molar-refractivity contribution >= 4 is 49.2 Å². The van der Waals surface area contributed by atoms with Crippen LogP contribution in [0.5, 0.6) is 0 Å². The summed E-state index contributed by atoms with van der Waals surface area (Å²) in [6.07, 6.45) is 0. The van der Waals surface area contributed by atoms with E-state index in [0.717, 1.165) is 17.4 Å². The van der Waals surface area contributed by atoms with Crippen LogP contribution in [0.1, 0.15) is 23.5 Å². The highest BCUT2D eigenvalue weighted by Crippen LogP contribution is 2.32. The zero-order valence-corrected chi connectivity index (χ0v) is 14.6. The SMILES string of the molecule is COC(=O)c1cc(S(=O)(=O)NC(C(=O)O)C(C)C)c(Br)s1. The van der Waals surface area contributed by atoms with E-state index >= 15 is 0 Å². The number of hydrogen-bond acceptors (Lipinski definition) is 6. The number of carbonyl (C=O) groups excluding carboxylic acids is 1. The van der Waals surface area contributed by atoms with Crippen LogP contribution in [0.3, 0.4) is 0 Å². The molecule has 0 aliphatic carbocycles. The van der Waals surface area contributed by atoms with Gasteiger partial charge in [0.2, 0.25) is 10.0 Å². The highest BCUT2D eigenvalue weighted by molar-refractivity contribution is 9.11. The number of carboxylic acid groups (broad SMARTS) is 1. The average Bonchev–Trinajstić information content (AvgIpc) is 2.77. The number of sulfonamides is 1. The van der Waals surface area contributed by atoms with Crippen molar-refractivity contribution < 1.29 is 27.9 Å². The lowest BCUT2D eigenvalue weighted by Crippen LogP contribution is -2.44. The molecule has 1 atom stereocenters. The predicted molar refractivity (Wildman–Crippen MR) is 79.9 cm³/mol. The van der Waals surface area contributed by atoms with Gasteiger partial charge < -0.3 is 9.84 Å². The Morgan fingerprint density at radius 1 is 1.43 bits per heavy atom. The van der Waals surface area contributed by atoms with Gasteiger partial charge in [0.1, 0.15) is 15.8 Å². The van der Waals surface area contributed by atoms with Crippen molar-refractivity contribution in [2.45, 2.75) is 24.8 Å². The quantitative estimate of drug-likeness (QED) is 0.704. The fourth-order valence-corrected chi connectivity index (χ4v) is 5.26. The van der Waals surface area contributed by atoms with Gasteiger partial charge in [0.25, 0.3) is 0 Å². The second kappa shape index (κ2) is 6.86. The molecule has 118 valence electrons. The maximum absolute atomic E-state index is 12.2. The van der Waals surface area contributed by atoms with E-state index in [-0.39, 0.29) is 13.6 Å². The molecule has 0 amide bonds. The molecule has 2 N–H and O–H groups in total. The van der Waals surface area contributed by atoms with Crippen molar-refractivity contribution in [3.8, 4) is 0 Å². The van der Waals surface area contributed by atoms with E-state index in [4.69, 9.17) is 5.11 Å². The zero-order chi connectivity index (χ0) is 16.4. The molecule has 1 aromatic heterocycles. The molecule has 7 nitrogen and oxygen atoms in total. The number of nitrogens with one attached hydrogen (secondary N) is 1. The number of carboxylic acids is 1. The van der Waals surface area contributed by atoms with Crippen LogP contribution in [0.15, 0.2) is 14.7 Å². The van der Waals surface area contributed by atoms with Crippen LogP contribution >= 0.6 is 27.3 Å². The van der Waals surface area contributed by atoms with Crippen molar-refractivity contribution in [3.63, 3.8) is 0 Å². The Balaban J connectivity index is 3.16. The number of aliphatic carboxylic acids is 1. The lowest BCUT2D eigenvalue weighted by atomic mass is 10.1. The summed E-state index contributed by atoms with van der Waals surface area (Å²) in [4.78, 5) is 22.4. The highest BCUT2D eigenvalue weighted by Gasteiger charge is 2.31. The minimum Gasteiger partial charge on any atom is -0.480 e. The molecule has 0 radical (unpaired) electrons. The number of carbonyl (C=O) groups is 2. The fourth-order valence-electron chi connectivity index (χ4n) is 1.44. The van der Waals surface area contributed by atoms with Gasteiger partial charge >= 0.3 is 11.9 Å². The smallest absolute Gasteiger partial charge is 0.348 e. The van der Waals surface area contributed by atoms with Crippen LogP contribution in [-0.4, -0.2) is 38.6 Å². The standard InChI is InChI=1S/C11H14BrNO6S2/c1-5(2)8(10(14)15)13-21(17,18)7-4-6(11(16)19-3)20-9(7)12/h4-5,8,13H,1-3H3,(H,14,15). The van der Waals surface area contributed by atoms with Crippen LogP contribution in [-0.2, 0) is 19.6 Å². The first kappa shape index (κ1) is 18.1. The minimum absolute atomic E-state index is 0.0983. The largest absolute Gasteiger partial charge is 0.480 e. The molecule has 0 saturated carbocycles. The van der Waals surface area contributed by atoms with Gasteiger partial charge in [0, 0.05) is 0 Å². The maximum atomic E-state index is 12.2. The van der Waals surface area contributed by atoms with E-state index in [1.54, 1.807) is 13.8 Å². The number of halogens is 1. The second-order valence-electron chi connectivity index (χ2n) is 4.42. The van der Waals surface area contributed by atoms with E-state index in [1.807, 2.05) is 0 Å². The van der Waals surface area contributed by atoms with Crippen LogP contribution in [0.4, 0.5) is 0 Å². The lowest BCUT2D eigenvalue weighted by Gasteiger charge is -2.17. The molecule has 1 unspecified atom stereocenters. The highest BCUT2D eigenvalue weighted by atomic mass is 79.9. The Morgan fingerprint density at radius 3 is 2.43 bits per heavy atom. The molecule has 0 spiro atoms. The Labute approximate surface area is 134 Å². The lowest BCUT2D eigenvalue weighted by molar-refractivity contribution is -0.140. The van der Waals surface area contributed by atoms with Gasteiger partial charge in [-0.15, -0.1) is 11.3 Å². The Kier molecular flexibility index (Phi) is 5.91. The van der Waals surface area contributed by atoms with Gasteiger partial charge in [0.05, 0.1) is 10.9 Å². The zero-order valence-electron chi connectivity index (χ0n) is 11.4. The molecule has 21 heavy (non-hydrogen) atoms. The minimum atomic E-state index is -4.08. The van der Waals surface area contributed by atoms with Crippen LogP contribution < -0.4 is 4.72 Å². The van der Waals surface area contributed by atoms with E-state index in [2.05, 4.69) is 25.4 Å². The van der Waals surface area contributed by atoms with Crippen molar-refractivity contribution in [3.05, 3.63) is 14.7 Å². The monoisotopic (exact) mass is 399 g/mol. The first-order valence-corrected chi connectivity index (χ1v) is 8.82. The number of rotatable bonds is 6. The van der Waals surface area contributed by atoms with Crippen LogP contribution in [0.2, 0.25) is 0 Å². The number of hydrogen-bond donors (Lipinski definition) is 2. The molecular formula is C11H14BrNO6S2. The summed E-state index contributed by atoms with van der Waals surface area (Å²) >= 11 is 3.95. The maximum Gasteiger partial charge on any atom is 0.348 e. The molecule has 0 fully saturated rings. The summed E-state index contributed by atoms with van der Waals surface area (Å²) in [5, 5.41) is 9.04. The molecule has 0 aromatic carbocycles. The molecule has 0 aliphatic rings. The number of esters is 1. The van der Waals surface area contributed by atoms with Gasteiger partial charge in [-0.1, -0.05) is 13.8 Å². The summed E-state index contributed by atoms with van der Waals surface area (Å²) in [6, 6.07) is -0.120. The Bertz CT molecular complexity index is 652. The van der Waals surface area contributed by atoms with Gasteiger partial charge in [0.15, 0.2) is 0 Å². The van der Waals surface area contributed by atoms with E-state index < -0.39 is 33.9 Å². The number of methoxy groups -OCH3 is 1.